The minimum atomic E-state index is -1.49. The number of primary amides is 1. The molecular formula is C21H24FN3O4S. The molecule has 2 unspecified atom stereocenters. The first-order valence-electron chi connectivity index (χ1n) is 9.24. The lowest BCUT2D eigenvalue weighted by Gasteiger charge is -2.09. The number of hydrogen-bond donors (Lipinski definition) is 2. The topological polar surface area (TPSA) is 106 Å². The van der Waals surface area contributed by atoms with Gasteiger partial charge in [-0.05, 0) is 26.7 Å². The number of rotatable bonds is 3. The largest absolute Gasteiger partial charge is 0.492 e. The summed E-state index contributed by atoms with van der Waals surface area (Å²) in [4.78, 5) is 29.1. The van der Waals surface area contributed by atoms with Crippen LogP contribution in [0.15, 0.2) is 12.1 Å². The Kier molecular flexibility index (Phi) is 8.06. The molecule has 0 saturated carbocycles. The van der Waals surface area contributed by atoms with Crippen molar-refractivity contribution in [1.29, 1.82) is 0 Å². The smallest absolute Gasteiger partial charge is 0.277 e. The molecule has 3 rings (SSSR count). The standard InChI is InChI=1S/C17H13FN2O4S.C4H11N/c1-8-7-24-13-5-12(18)9(2-3-10(22)6-21)4-11(13)14-15(8)25-17(20-14)16(19)23;1-4-5(2)3/h4-6,8,10,22H,7H2,1H3,(H2,19,23);4H2,1-3H3. The highest BCUT2D eigenvalue weighted by Crippen LogP contribution is 2.42. The zero-order chi connectivity index (χ0) is 22.4. The quantitative estimate of drug-likeness (QED) is 0.567. The van der Waals surface area contributed by atoms with Crippen molar-refractivity contribution in [2.24, 2.45) is 5.73 Å². The third-order valence-electron chi connectivity index (χ3n) is 4.24. The lowest BCUT2D eigenvalue weighted by molar-refractivity contribution is -0.112. The van der Waals surface area contributed by atoms with E-state index in [9.17, 15) is 19.1 Å². The van der Waals surface area contributed by atoms with Crippen molar-refractivity contribution in [3.8, 4) is 28.8 Å². The molecule has 0 radical (unpaired) electrons. The molecule has 2 atom stereocenters. The number of nitrogens with zero attached hydrogens (tertiary/aromatic N) is 2. The molecule has 0 fully saturated rings. The number of amides is 1. The SMILES string of the molecule is CC1COc2cc(F)c(C#CC(O)C=O)cc2-c2nc(C(N)=O)sc21.CCN(C)C. The molecule has 1 aromatic carbocycles. The molecule has 0 bridgehead atoms. The molecule has 7 nitrogen and oxygen atoms in total. The summed E-state index contributed by atoms with van der Waals surface area (Å²) >= 11 is 1.18. The van der Waals surface area contributed by atoms with Crippen LogP contribution in [0.2, 0.25) is 0 Å². The van der Waals surface area contributed by atoms with Crippen LogP contribution in [0.4, 0.5) is 4.39 Å². The van der Waals surface area contributed by atoms with Gasteiger partial charge in [0.15, 0.2) is 17.4 Å². The molecule has 0 saturated heterocycles. The van der Waals surface area contributed by atoms with Crippen LogP contribution in [0.5, 0.6) is 5.75 Å². The Labute approximate surface area is 178 Å². The van der Waals surface area contributed by atoms with Crippen LogP contribution in [-0.4, -0.2) is 60.5 Å². The monoisotopic (exact) mass is 433 g/mol. The van der Waals surface area contributed by atoms with Gasteiger partial charge in [-0.2, -0.15) is 0 Å². The lowest BCUT2D eigenvalue weighted by atomic mass is 10.0. The molecule has 160 valence electrons. The van der Waals surface area contributed by atoms with Gasteiger partial charge >= 0.3 is 0 Å². The number of ether oxygens (including phenoxy) is 1. The highest BCUT2D eigenvalue weighted by Gasteiger charge is 2.27. The number of carbonyl (C=O) groups excluding carboxylic acids is 2. The average Bonchev–Trinajstić information content (AvgIpc) is 3.12. The van der Waals surface area contributed by atoms with Crippen molar-refractivity contribution in [2.45, 2.75) is 25.9 Å². The fourth-order valence-corrected chi connectivity index (χ4v) is 3.36. The normalized spacial score (nSPS) is 15.2. The van der Waals surface area contributed by atoms with Gasteiger partial charge in [-0.1, -0.05) is 25.7 Å². The third-order valence-corrected chi connectivity index (χ3v) is 5.54. The van der Waals surface area contributed by atoms with Gasteiger partial charge in [-0.3, -0.25) is 9.59 Å². The predicted octanol–water partition coefficient (Wildman–Crippen LogP) is 2.02. The summed E-state index contributed by atoms with van der Waals surface area (Å²) in [5.74, 6) is 3.61. The minimum Gasteiger partial charge on any atom is -0.492 e. The number of hydrogen-bond acceptors (Lipinski definition) is 7. The van der Waals surface area contributed by atoms with E-state index < -0.39 is 17.8 Å². The molecular weight excluding hydrogens is 409 g/mol. The number of nitrogens with two attached hydrogens (primary N) is 1. The van der Waals surface area contributed by atoms with E-state index in [1.165, 1.54) is 23.5 Å². The van der Waals surface area contributed by atoms with E-state index in [0.717, 1.165) is 11.4 Å². The zero-order valence-corrected chi connectivity index (χ0v) is 18.0. The van der Waals surface area contributed by atoms with Gasteiger partial charge < -0.3 is 20.5 Å². The molecule has 1 aromatic heterocycles. The predicted molar refractivity (Wildman–Crippen MR) is 113 cm³/mol. The number of aldehydes is 1. The van der Waals surface area contributed by atoms with E-state index in [-0.39, 0.29) is 28.5 Å². The van der Waals surface area contributed by atoms with E-state index in [2.05, 4.69) is 42.7 Å². The van der Waals surface area contributed by atoms with Gasteiger partial charge in [-0.25, -0.2) is 9.37 Å². The Bertz CT molecular complexity index is 994. The molecule has 1 amide bonds. The molecule has 30 heavy (non-hydrogen) atoms. The molecule has 1 aliphatic heterocycles. The summed E-state index contributed by atoms with van der Waals surface area (Å²) in [6.45, 7) is 5.47. The first-order chi connectivity index (χ1) is 14.2. The number of aliphatic hydroxyl groups excluding tert-OH is 1. The van der Waals surface area contributed by atoms with Crippen LogP contribution >= 0.6 is 11.3 Å². The first kappa shape index (κ1) is 23.5. The summed E-state index contributed by atoms with van der Waals surface area (Å²) in [5, 5.41) is 9.36. The van der Waals surface area contributed by atoms with Crippen LogP contribution in [0, 0.1) is 17.7 Å². The van der Waals surface area contributed by atoms with Gasteiger partial charge in [0.25, 0.3) is 5.91 Å². The third kappa shape index (κ3) is 5.63. The fraction of sp³-hybridized carbons (Fsp3) is 0.381. The maximum atomic E-state index is 14.2. The number of fused-ring (bicyclic) bond motifs is 3. The number of aliphatic hydroxyl groups is 1. The lowest BCUT2D eigenvalue weighted by Crippen LogP contribution is -2.10. The van der Waals surface area contributed by atoms with Gasteiger partial charge in [0.1, 0.15) is 11.6 Å². The highest BCUT2D eigenvalue weighted by molar-refractivity contribution is 7.14. The molecule has 9 heteroatoms. The second-order valence-corrected chi connectivity index (χ2v) is 7.91. The average molecular weight is 434 g/mol. The second-order valence-electron chi connectivity index (χ2n) is 6.88. The van der Waals surface area contributed by atoms with E-state index in [4.69, 9.17) is 10.5 Å². The number of benzene rings is 1. The summed E-state index contributed by atoms with van der Waals surface area (Å²) < 4.78 is 19.9. The van der Waals surface area contributed by atoms with Crippen molar-refractivity contribution in [2.75, 3.05) is 27.2 Å². The molecule has 0 aliphatic carbocycles. The summed E-state index contributed by atoms with van der Waals surface area (Å²) in [6.07, 6.45) is -1.25. The van der Waals surface area contributed by atoms with Gasteiger partial charge in [0, 0.05) is 22.4 Å². The Morgan fingerprint density at radius 2 is 2.20 bits per heavy atom. The first-order valence-corrected chi connectivity index (χ1v) is 10.1. The zero-order valence-electron chi connectivity index (χ0n) is 17.2. The minimum absolute atomic E-state index is 0.0163. The summed E-state index contributed by atoms with van der Waals surface area (Å²) in [5.41, 5.74) is 6.28. The Hall–Kier alpha value is -2.80. The Balaban J connectivity index is 0.000000575. The van der Waals surface area contributed by atoms with E-state index >= 15 is 0 Å². The van der Waals surface area contributed by atoms with Crippen molar-refractivity contribution in [1.82, 2.24) is 9.88 Å². The Morgan fingerprint density at radius 1 is 1.53 bits per heavy atom. The molecule has 3 N–H and O–H groups in total. The van der Waals surface area contributed by atoms with E-state index in [1.54, 1.807) is 0 Å². The van der Waals surface area contributed by atoms with Crippen molar-refractivity contribution in [3.05, 3.63) is 33.4 Å². The van der Waals surface area contributed by atoms with Crippen LogP contribution in [0.3, 0.4) is 0 Å². The fourth-order valence-electron chi connectivity index (χ4n) is 2.40. The second kappa shape index (κ2) is 10.3. The van der Waals surface area contributed by atoms with E-state index in [0.29, 0.717) is 17.9 Å². The van der Waals surface area contributed by atoms with Crippen LogP contribution in [-0.2, 0) is 4.79 Å². The van der Waals surface area contributed by atoms with Crippen molar-refractivity contribution >= 4 is 23.5 Å². The number of aromatic nitrogens is 1. The highest BCUT2D eigenvalue weighted by atomic mass is 32.1. The van der Waals surface area contributed by atoms with Crippen LogP contribution in [0.25, 0.3) is 11.3 Å². The molecule has 0 spiro atoms. The Morgan fingerprint density at radius 3 is 2.77 bits per heavy atom. The summed E-state index contributed by atoms with van der Waals surface area (Å²) in [6, 6.07) is 2.61. The van der Waals surface area contributed by atoms with Gasteiger partial charge in [-0.15, -0.1) is 11.3 Å². The van der Waals surface area contributed by atoms with Gasteiger partial charge in [0.2, 0.25) is 0 Å². The number of carbonyl (C=O) groups is 2. The maximum absolute atomic E-state index is 14.2. The van der Waals surface area contributed by atoms with Crippen molar-refractivity contribution < 1.29 is 23.8 Å². The molecule has 1 aliphatic rings. The van der Waals surface area contributed by atoms with Crippen LogP contribution < -0.4 is 10.5 Å². The maximum Gasteiger partial charge on any atom is 0.277 e. The van der Waals surface area contributed by atoms with Gasteiger partial charge in [0.05, 0.1) is 17.9 Å². The molecule has 2 aromatic rings. The van der Waals surface area contributed by atoms with Crippen LogP contribution in [0.1, 0.15) is 40.0 Å². The number of thiazole rings is 1. The number of halogens is 1. The molecule has 2 heterocycles. The van der Waals surface area contributed by atoms with E-state index in [1.807, 2.05) is 6.92 Å². The summed E-state index contributed by atoms with van der Waals surface area (Å²) in [7, 11) is 4.11. The van der Waals surface area contributed by atoms with Crippen molar-refractivity contribution in [3.63, 3.8) is 0 Å².